The van der Waals surface area contributed by atoms with Crippen molar-refractivity contribution in [1.82, 2.24) is 5.32 Å². The van der Waals surface area contributed by atoms with Crippen LogP contribution in [0, 0.1) is 0 Å². The Balaban J connectivity index is 1.93. The van der Waals surface area contributed by atoms with Gasteiger partial charge in [-0.05, 0) is 12.8 Å². The maximum atomic E-state index is 11.2. The Labute approximate surface area is 89.8 Å². The molecule has 1 aliphatic rings. The highest BCUT2D eigenvalue weighted by Crippen LogP contribution is 2.11. The number of nitrogens with one attached hydrogen (secondary N) is 1. The Morgan fingerprint density at radius 2 is 2.40 bits per heavy atom. The first-order valence-corrected chi connectivity index (χ1v) is 5.41. The SMILES string of the molecule is O=C(CCNCCO)OCC1CCCO1. The average molecular weight is 217 g/mol. The first-order chi connectivity index (χ1) is 7.33. The fourth-order valence-electron chi connectivity index (χ4n) is 1.43. The van der Waals surface area contributed by atoms with E-state index in [1.165, 1.54) is 0 Å². The number of carbonyl (C=O) groups is 1. The minimum Gasteiger partial charge on any atom is -0.463 e. The molecule has 0 aromatic heterocycles. The number of esters is 1. The molecule has 0 aliphatic carbocycles. The van der Waals surface area contributed by atoms with E-state index in [4.69, 9.17) is 14.6 Å². The molecule has 0 aromatic rings. The Morgan fingerprint density at radius 3 is 3.07 bits per heavy atom. The maximum Gasteiger partial charge on any atom is 0.307 e. The molecule has 0 spiro atoms. The predicted molar refractivity (Wildman–Crippen MR) is 54.5 cm³/mol. The molecule has 2 N–H and O–H groups in total. The van der Waals surface area contributed by atoms with E-state index < -0.39 is 0 Å². The highest BCUT2D eigenvalue weighted by molar-refractivity contribution is 5.69. The Hall–Kier alpha value is -0.650. The van der Waals surface area contributed by atoms with Crippen molar-refractivity contribution in [3.05, 3.63) is 0 Å². The van der Waals surface area contributed by atoms with E-state index in [0.717, 1.165) is 19.4 Å². The van der Waals surface area contributed by atoms with Gasteiger partial charge in [0.1, 0.15) is 6.61 Å². The van der Waals surface area contributed by atoms with Crippen molar-refractivity contribution in [2.45, 2.75) is 25.4 Å². The van der Waals surface area contributed by atoms with Crippen molar-refractivity contribution in [3.8, 4) is 0 Å². The van der Waals surface area contributed by atoms with E-state index in [-0.39, 0.29) is 18.7 Å². The summed E-state index contributed by atoms with van der Waals surface area (Å²) < 4.78 is 10.4. The third kappa shape index (κ3) is 5.71. The number of aliphatic hydroxyl groups is 1. The molecule has 0 amide bonds. The Kier molecular flexibility index (Phi) is 6.31. The molecule has 5 heteroatoms. The zero-order valence-electron chi connectivity index (χ0n) is 8.91. The van der Waals surface area contributed by atoms with Gasteiger partial charge in [0.15, 0.2) is 0 Å². The van der Waals surface area contributed by atoms with Crippen molar-refractivity contribution < 1.29 is 19.4 Å². The topological polar surface area (TPSA) is 67.8 Å². The van der Waals surface area contributed by atoms with Gasteiger partial charge in [0, 0.05) is 19.7 Å². The molecule has 1 aliphatic heterocycles. The van der Waals surface area contributed by atoms with Gasteiger partial charge < -0.3 is 19.9 Å². The summed E-state index contributed by atoms with van der Waals surface area (Å²) in [6.07, 6.45) is 2.47. The van der Waals surface area contributed by atoms with E-state index in [1.807, 2.05) is 0 Å². The lowest BCUT2D eigenvalue weighted by molar-refractivity contribution is -0.146. The quantitative estimate of drug-likeness (QED) is 0.452. The lowest BCUT2D eigenvalue weighted by Gasteiger charge is -2.10. The van der Waals surface area contributed by atoms with Crippen molar-refractivity contribution in [1.29, 1.82) is 0 Å². The van der Waals surface area contributed by atoms with Gasteiger partial charge in [-0.1, -0.05) is 0 Å². The van der Waals surface area contributed by atoms with Crippen LogP contribution in [0.4, 0.5) is 0 Å². The smallest absolute Gasteiger partial charge is 0.307 e. The van der Waals surface area contributed by atoms with Crippen LogP contribution in [0.15, 0.2) is 0 Å². The largest absolute Gasteiger partial charge is 0.463 e. The van der Waals surface area contributed by atoms with Gasteiger partial charge in [0.2, 0.25) is 0 Å². The van der Waals surface area contributed by atoms with Gasteiger partial charge in [-0.15, -0.1) is 0 Å². The second kappa shape index (κ2) is 7.62. The van der Waals surface area contributed by atoms with Crippen LogP contribution in [0.25, 0.3) is 0 Å². The van der Waals surface area contributed by atoms with Crippen molar-refractivity contribution in [2.24, 2.45) is 0 Å². The summed E-state index contributed by atoms with van der Waals surface area (Å²) in [5.41, 5.74) is 0. The van der Waals surface area contributed by atoms with Crippen LogP contribution in [-0.4, -0.2) is 50.1 Å². The van der Waals surface area contributed by atoms with E-state index in [2.05, 4.69) is 5.32 Å². The molecule has 1 rings (SSSR count). The van der Waals surface area contributed by atoms with Crippen LogP contribution in [0.1, 0.15) is 19.3 Å². The Bertz CT molecular complexity index is 180. The highest BCUT2D eigenvalue weighted by atomic mass is 16.6. The van der Waals surface area contributed by atoms with Crippen molar-refractivity contribution in [2.75, 3.05) is 32.9 Å². The number of hydrogen-bond acceptors (Lipinski definition) is 5. The van der Waals surface area contributed by atoms with Crippen LogP contribution >= 0.6 is 0 Å². The molecule has 0 bridgehead atoms. The number of rotatable bonds is 7. The summed E-state index contributed by atoms with van der Waals surface area (Å²) in [6.45, 7) is 2.30. The predicted octanol–water partition coefficient (Wildman–Crippen LogP) is -0.319. The summed E-state index contributed by atoms with van der Waals surface area (Å²) >= 11 is 0. The van der Waals surface area contributed by atoms with Gasteiger partial charge in [-0.2, -0.15) is 0 Å². The lowest BCUT2D eigenvalue weighted by Crippen LogP contribution is -2.24. The van der Waals surface area contributed by atoms with E-state index >= 15 is 0 Å². The van der Waals surface area contributed by atoms with Gasteiger partial charge >= 0.3 is 5.97 Å². The summed E-state index contributed by atoms with van der Waals surface area (Å²) in [5, 5.41) is 11.4. The molecule has 1 atom stereocenters. The third-order valence-electron chi connectivity index (χ3n) is 2.25. The molecule has 0 radical (unpaired) electrons. The summed E-state index contributed by atoms with van der Waals surface area (Å²) in [6, 6.07) is 0. The average Bonchev–Trinajstić information content (AvgIpc) is 2.74. The Morgan fingerprint density at radius 1 is 1.53 bits per heavy atom. The normalized spacial score (nSPS) is 20.5. The van der Waals surface area contributed by atoms with E-state index in [0.29, 0.717) is 26.1 Å². The summed E-state index contributed by atoms with van der Waals surface area (Å²) in [5.74, 6) is -0.212. The first kappa shape index (κ1) is 12.4. The molecule has 1 fully saturated rings. The van der Waals surface area contributed by atoms with Crippen molar-refractivity contribution in [3.63, 3.8) is 0 Å². The monoisotopic (exact) mass is 217 g/mol. The number of aliphatic hydroxyl groups excluding tert-OH is 1. The summed E-state index contributed by atoms with van der Waals surface area (Å²) in [7, 11) is 0. The molecular formula is C10H19NO4. The molecule has 88 valence electrons. The molecule has 5 nitrogen and oxygen atoms in total. The van der Waals surface area contributed by atoms with Gasteiger partial charge in [0.05, 0.1) is 19.1 Å². The lowest BCUT2D eigenvalue weighted by atomic mass is 10.2. The molecule has 15 heavy (non-hydrogen) atoms. The van der Waals surface area contributed by atoms with Gasteiger partial charge in [-0.25, -0.2) is 0 Å². The fourth-order valence-corrected chi connectivity index (χ4v) is 1.43. The molecule has 0 saturated carbocycles. The van der Waals surface area contributed by atoms with Gasteiger partial charge in [-0.3, -0.25) is 4.79 Å². The number of carbonyl (C=O) groups excluding carboxylic acids is 1. The first-order valence-electron chi connectivity index (χ1n) is 5.41. The maximum absolute atomic E-state index is 11.2. The number of ether oxygens (including phenoxy) is 2. The van der Waals surface area contributed by atoms with Crippen LogP contribution in [0.2, 0.25) is 0 Å². The third-order valence-corrected chi connectivity index (χ3v) is 2.25. The van der Waals surface area contributed by atoms with Crippen LogP contribution in [0.5, 0.6) is 0 Å². The summed E-state index contributed by atoms with van der Waals surface area (Å²) in [4.78, 5) is 11.2. The zero-order valence-corrected chi connectivity index (χ0v) is 8.91. The molecule has 1 heterocycles. The standard InChI is InChI=1S/C10H19NO4/c12-6-5-11-4-3-10(13)15-8-9-2-1-7-14-9/h9,11-12H,1-8H2. The van der Waals surface area contributed by atoms with Crippen LogP contribution < -0.4 is 5.32 Å². The number of hydrogen-bond donors (Lipinski definition) is 2. The van der Waals surface area contributed by atoms with Crippen LogP contribution in [-0.2, 0) is 14.3 Å². The second-order valence-corrected chi connectivity index (χ2v) is 3.54. The van der Waals surface area contributed by atoms with Crippen LogP contribution in [0.3, 0.4) is 0 Å². The molecular weight excluding hydrogens is 198 g/mol. The zero-order chi connectivity index (χ0) is 10.9. The molecule has 1 saturated heterocycles. The molecule has 1 unspecified atom stereocenters. The minimum atomic E-state index is -0.212. The van der Waals surface area contributed by atoms with Gasteiger partial charge in [0.25, 0.3) is 0 Å². The molecule has 0 aromatic carbocycles. The fraction of sp³-hybridized carbons (Fsp3) is 0.900. The van der Waals surface area contributed by atoms with Crippen molar-refractivity contribution >= 4 is 5.97 Å². The highest BCUT2D eigenvalue weighted by Gasteiger charge is 2.17. The van der Waals surface area contributed by atoms with E-state index in [1.54, 1.807) is 0 Å². The van der Waals surface area contributed by atoms with E-state index in [9.17, 15) is 4.79 Å². The minimum absolute atomic E-state index is 0.0883. The second-order valence-electron chi connectivity index (χ2n) is 3.54.